The molecule has 8 heavy (non-hydrogen) atoms. The van der Waals surface area contributed by atoms with Crippen molar-refractivity contribution in [2.24, 2.45) is 5.92 Å². The monoisotopic (exact) mass is 115 g/mol. The summed E-state index contributed by atoms with van der Waals surface area (Å²) < 4.78 is 0. The van der Waals surface area contributed by atoms with Crippen LogP contribution in [0, 0.1) is 5.92 Å². The van der Waals surface area contributed by atoms with Crippen LogP contribution in [0.15, 0.2) is 0 Å². The maximum absolute atomic E-state index is 9.13. The van der Waals surface area contributed by atoms with E-state index in [2.05, 4.69) is 11.8 Å². The predicted octanol–water partition coefficient (Wildman–Crippen LogP) is -0.0712. The van der Waals surface area contributed by atoms with Gasteiger partial charge in [-0.05, 0) is 13.0 Å². The van der Waals surface area contributed by atoms with Crippen molar-refractivity contribution in [3.8, 4) is 0 Å². The quantitative estimate of drug-likeness (QED) is 0.477. The number of hydrogen-bond donors (Lipinski definition) is 1. The summed E-state index contributed by atoms with van der Waals surface area (Å²) >= 11 is 0. The summed E-state index contributed by atoms with van der Waals surface area (Å²) in [5.41, 5.74) is 0. The first kappa shape index (κ1) is 6.05. The Hall–Kier alpha value is -0.0800. The molecule has 1 fully saturated rings. The van der Waals surface area contributed by atoms with E-state index >= 15 is 0 Å². The van der Waals surface area contributed by atoms with Gasteiger partial charge in [0, 0.05) is 13.1 Å². The molecule has 1 N–H and O–H groups in total. The normalized spacial score (nSPS) is 40.9. The zero-order valence-electron chi connectivity index (χ0n) is 5.46. The molecule has 48 valence electrons. The van der Waals surface area contributed by atoms with Crippen molar-refractivity contribution in [3.05, 3.63) is 0 Å². The molecule has 0 aromatic carbocycles. The van der Waals surface area contributed by atoms with E-state index in [-0.39, 0.29) is 6.10 Å². The number of likely N-dealkylation sites (N-methyl/N-ethyl adjacent to an activating group) is 1. The van der Waals surface area contributed by atoms with E-state index in [1.165, 1.54) is 0 Å². The van der Waals surface area contributed by atoms with Crippen molar-refractivity contribution in [3.63, 3.8) is 0 Å². The zero-order chi connectivity index (χ0) is 6.15. The van der Waals surface area contributed by atoms with Crippen molar-refractivity contribution in [2.45, 2.75) is 13.0 Å². The fourth-order valence-corrected chi connectivity index (χ4v) is 1.19. The minimum atomic E-state index is -0.0833. The lowest BCUT2D eigenvalue weighted by atomic mass is 10.1. The lowest BCUT2D eigenvalue weighted by Gasteiger charge is -2.02. The van der Waals surface area contributed by atoms with E-state index in [1.54, 1.807) is 0 Å². The van der Waals surface area contributed by atoms with Crippen LogP contribution in [-0.2, 0) is 0 Å². The van der Waals surface area contributed by atoms with E-state index in [0.29, 0.717) is 5.92 Å². The summed E-state index contributed by atoms with van der Waals surface area (Å²) in [4.78, 5) is 2.15. The van der Waals surface area contributed by atoms with Crippen LogP contribution in [0.25, 0.3) is 0 Å². The Bertz CT molecular complexity index is 74.6. The number of aliphatic hydroxyl groups excluding tert-OH is 1. The summed E-state index contributed by atoms with van der Waals surface area (Å²) in [6, 6.07) is 0. The van der Waals surface area contributed by atoms with Gasteiger partial charge in [-0.3, -0.25) is 0 Å². The predicted molar refractivity (Wildman–Crippen MR) is 32.7 cm³/mol. The highest BCUT2D eigenvalue weighted by molar-refractivity contribution is 4.77. The second kappa shape index (κ2) is 2.03. The summed E-state index contributed by atoms with van der Waals surface area (Å²) in [7, 11) is 2.03. The van der Waals surface area contributed by atoms with Crippen molar-refractivity contribution in [1.82, 2.24) is 4.90 Å². The summed E-state index contributed by atoms with van der Waals surface area (Å²) in [6.07, 6.45) is -0.0833. The Labute approximate surface area is 50.1 Å². The number of hydrogen-bond acceptors (Lipinski definition) is 2. The van der Waals surface area contributed by atoms with Crippen molar-refractivity contribution < 1.29 is 5.11 Å². The van der Waals surface area contributed by atoms with Crippen LogP contribution in [-0.4, -0.2) is 36.2 Å². The molecule has 0 aromatic heterocycles. The highest BCUT2D eigenvalue weighted by Gasteiger charge is 2.24. The molecular weight excluding hydrogens is 102 g/mol. The molecule has 2 heteroatoms. The molecule has 0 radical (unpaired) electrons. The Morgan fingerprint density at radius 3 is 2.25 bits per heavy atom. The molecule has 1 heterocycles. The van der Waals surface area contributed by atoms with Gasteiger partial charge in [0.15, 0.2) is 0 Å². The van der Waals surface area contributed by atoms with Gasteiger partial charge in [-0.15, -0.1) is 0 Å². The van der Waals surface area contributed by atoms with Crippen LogP contribution in [0.4, 0.5) is 0 Å². The van der Waals surface area contributed by atoms with Crippen LogP contribution in [0.3, 0.4) is 0 Å². The Morgan fingerprint density at radius 2 is 2.12 bits per heavy atom. The van der Waals surface area contributed by atoms with E-state index in [1.807, 2.05) is 7.05 Å². The first-order chi connectivity index (χ1) is 3.70. The van der Waals surface area contributed by atoms with E-state index in [4.69, 9.17) is 5.11 Å². The standard InChI is InChI=1S/C6H13NO/c1-5-3-7(2)4-6(5)8/h5-6,8H,3-4H2,1-2H3/t5-,6?/m0/s1. The van der Waals surface area contributed by atoms with Crippen molar-refractivity contribution in [2.75, 3.05) is 20.1 Å². The second-order valence-corrected chi connectivity index (χ2v) is 2.77. The topological polar surface area (TPSA) is 23.5 Å². The number of rotatable bonds is 0. The molecule has 2 nitrogen and oxygen atoms in total. The van der Waals surface area contributed by atoms with Gasteiger partial charge < -0.3 is 10.0 Å². The zero-order valence-corrected chi connectivity index (χ0v) is 5.46. The molecule has 0 spiro atoms. The molecule has 1 aliphatic rings. The van der Waals surface area contributed by atoms with Crippen molar-refractivity contribution >= 4 is 0 Å². The van der Waals surface area contributed by atoms with Gasteiger partial charge in [0.25, 0.3) is 0 Å². The van der Waals surface area contributed by atoms with Gasteiger partial charge in [-0.1, -0.05) is 6.92 Å². The number of nitrogens with zero attached hydrogens (tertiary/aromatic N) is 1. The number of aliphatic hydroxyl groups is 1. The minimum absolute atomic E-state index is 0.0833. The van der Waals surface area contributed by atoms with Crippen LogP contribution in [0.5, 0.6) is 0 Å². The van der Waals surface area contributed by atoms with Gasteiger partial charge in [0.2, 0.25) is 0 Å². The number of likely N-dealkylation sites (tertiary alicyclic amines) is 1. The van der Waals surface area contributed by atoms with Gasteiger partial charge in [-0.25, -0.2) is 0 Å². The maximum Gasteiger partial charge on any atom is 0.0704 e. The second-order valence-electron chi connectivity index (χ2n) is 2.77. The molecule has 0 saturated carbocycles. The summed E-state index contributed by atoms with van der Waals surface area (Å²) in [6.45, 7) is 3.97. The number of β-amino-alcohol motifs (C(OH)–C–C–N with tert-alkyl or cyclic N) is 1. The average Bonchev–Trinajstić information content (AvgIpc) is 1.85. The smallest absolute Gasteiger partial charge is 0.0704 e. The summed E-state index contributed by atoms with van der Waals surface area (Å²) in [5, 5.41) is 9.13. The maximum atomic E-state index is 9.13. The third kappa shape index (κ3) is 1.01. The molecule has 1 saturated heterocycles. The minimum Gasteiger partial charge on any atom is -0.391 e. The van der Waals surface area contributed by atoms with Crippen molar-refractivity contribution in [1.29, 1.82) is 0 Å². The van der Waals surface area contributed by atoms with E-state index < -0.39 is 0 Å². The van der Waals surface area contributed by atoms with Crippen LogP contribution in [0.2, 0.25) is 0 Å². The van der Waals surface area contributed by atoms with Gasteiger partial charge in [0.05, 0.1) is 6.10 Å². The summed E-state index contributed by atoms with van der Waals surface area (Å²) in [5.74, 6) is 0.472. The molecule has 1 rings (SSSR count). The lowest BCUT2D eigenvalue weighted by molar-refractivity contribution is 0.151. The fourth-order valence-electron chi connectivity index (χ4n) is 1.19. The fraction of sp³-hybridized carbons (Fsp3) is 1.00. The van der Waals surface area contributed by atoms with Gasteiger partial charge >= 0.3 is 0 Å². The SMILES string of the molecule is C[C@H]1CN(C)CC1O. The third-order valence-electron chi connectivity index (χ3n) is 1.76. The lowest BCUT2D eigenvalue weighted by Crippen LogP contribution is -2.16. The Morgan fingerprint density at radius 1 is 1.50 bits per heavy atom. The molecule has 2 atom stereocenters. The van der Waals surface area contributed by atoms with Gasteiger partial charge in [-0.2, -0.15) is 0 Å². The third-order valence-corrected chi connectivity index (χ3v) is 1.76. The molecule has 0 bridgehead atoms. The van der Waals surface area contributed by atoms with Crippen LogP contribution in [0.1, 0.15) is 6.92 Å². The highest BCUT2D eigenvalue weighted by atomic mass is 16.3. The molecule has 0 aliphatic carbocycles. The highest BCUT2D eigenvalue weighted by Crippen LogP contribution is 2.12. The molecule has 1 aliphatic heterocycles. The van der Waals surface area contributed by atoms with Gasteiger partial charge in [0.1, 0.15) is 0 Å². The van der Waals surface area contributed by atoms with E-state index in [9.17, 15) is 0 Å². The van der Waals surface area contributed by atoms with Crippen LogP contribution < -0.4 is 0 Å². The largest absolute Gasteiger partial charge is 0.391 e. The average molecular weight is 115 g/mol. The Balaban J connectivity index is 2.39. The molecule has 1 unspecified atom stereocenters. The molecular formula is C6H13NO. The van der Waals surface area contributed by atoms with E-state index in [0.717, 1.165) is 13.1 Å². The van der Waals surface area contributed by atoms with Crippen LogP contribution >= 0.6 is 0 Å². The molecule has 0 aromatic rings. The first-order valence-electron chi connectivity index (χ1n) is 3.07. The first-order valence-corrected chi connectivity index (χ1v) is 3.07. The molecule has 0 amide bonds. The Kier molecular flexibility index (Phi) is 1.54.